The first-order valence-corrected chi connectivity index (χ1v) is 9.55. The van der Waals surface area contributed by atoms with Crippen LogP contribution in [0.3, 0.4) is 0 Å². The van der Waals surface area contributed by atoms with Crippen molar-refractivity contribution in [2.75, 3.05) is 11.4 Å². The molecule has 3 aromatic rings. The van der Waals surface area contributed by atoms with Gasteiger partial charge in [-0.15, -0.1) is 0 Å². The van der Waals surface area contributed by atoms with Crippen LogP contribution in [0.2, 0.25) is 0 Å². The molecule has 1 saturated heterocycles. The van der Waals surface area contributed by atoms with Crippen molar-refractivity contribution in [2.45, 2.75) is 19.4 Å². The molecule has 142 valence electrons. The van der Waals surface area contributed by atoms with Crippen molar-refractivity contribution in [3.8, 4) is 11.4 Å². The molecule has 1 aliphatic heterocycles. The highest BCUT2D eigenvalue weighted by Crippen LogP contribution is 2.23. The molecule has 2 heterocycles. The molecule has 0 atom stereocenters. The maximum Gasteiger partial charge on any atom is 0.338 e. The topological polar surface area (TPSA) is 85.5 Å². The largest absolute Gasteiger partial charge is 0.452 e. The molecule has 0 spiro atoms. The molecule has 0 aliphatic carbocycles. The number of hydrogen-bond donors (Lipinski definition) is 0. The molecule has 28 heavy (non-hydrogen) atoms. The number of rotatable bonds is 5. The third kappa shape index (κ3) is 3.96. The van der Waals surface area contributed by atoms with Crippen LogP contribution in [-0.2, 0) is 16.1 Å². The number of hydrogen-bond acceptors (Lipinski definition) is 6. The fourth-order valence-electron chi connectivity index (χ4n) is 2.97. The van der Waals surface area contributed by atoms with Crippen molar-refractivity contribution in [1.82, 2.24) is 10.1 Å². The second-order valence-electron chi connectivity index (χ2n) is 6.29. The Morgan fingerprint density at radius 2 is 2.04 bits per heavy atom. The Hall–Kier alpha value is -3.00. The third-order valence-electron chi connectivity index (χ3n) is 4.37. The van der Waals surface area contributed by atoms with Crippen molar-refractivity contribution in [2.24, 2.45) is 0 Å². The summed E-state index contributed by atoms with van der Waals surface area (Å²) in [5.74, 6) is 0.240. The minimum absolute atomic E-state index is 0.105. The first-order valence-electron chi connectivity index (χ1n) is 8.76. The smallest absolute Gasteiger partial charge is 0.338 e. The molecular weight excluding hydrogens is 426 g/mol. The fourth-order valence-corrected chi connectivity index (χ4v) is 3.37. The number of ether oxygens (including phenoxy) is 1. The van der Waals surface area contributed by atoms with E-state index in [-0.39, 0.29) is 18.4 Å². The number of halogens is 1. The number of aromatic nitrogens is 2. The number of anilines is 1. The zero-order valence-electron chi connectivity index (χ0n) is 14.8. The highest BCUT2D eigenvalue weighted by atomic mass is 79.9. The van der Waals surface area contributed by atoms with Crippen LogP contribution in [0.5, 0.6) is 0 Å². The van der Waals surface area contributed by atoms with Gasteiger partial charge in [-0.3, -0.25) is 4.79 Å². The van der Waals surface area contributed by atoms with Gasteiger partial charge in [-0.25, -0.2) is 4.79 Å². The number of esters is 1. The standard InChI is InChI=1S/C20H16BrN3O4/c21-15-4-1-3-14(11-15)19-22-17(28-23-19)12-27-20(26)13-6-8-16(9-7-13)24-10-2-5-18(24)25/h1,3-4,6-9,11H,2,5,10,12H2. The number of carbonyl (C=O) groups excluding carboxylic acids is 2. The monoisotopic (exact) mass is 441 g/mol. The summed E-state index contributed by atoms with van der Waals surface area (Å²) in [6, 6.07) is 14.3. The van der Waals surface area contributed by atoms with Crippen molar-refractivity contribution >= 4 is 33.5 Å². The number of amides is 1. The Morgan fingerprint density at radius 1 is 1.21 bits per heavy atom. The molecule has 0 bridgehead atoms. The average Bonchev–Trinajstić information content (AvgIpc) is 3.35. The Balaban J connectivity index is 1.37. The fraction of sp³-hybridized carbons (Fsp3) is 0.200. The van der Waals surface area contributed by atoms with Crippen molar-refractivity contribution in [3.63, 3.8) is 0 Å². The zero-order chi connectivity index (χ0) is 19.5. The molecule has 0 radical (unpaired) electrons. The molecule has 2 aromatic carbocycles. The summed E-state index contributed by atoms with van der Waals surface area (Å²) in [6.07, 6.45) is 1.42. The van der Waals surface area contributed by atoms with Gasteiger partial charge in [0.1, 0.15) is 0 Å². The summed E-state index contributed by atoms with van der Waals surface area (Å²) in [5.41, 5.74) is 1.97. The number of carbonyl (C=O) groups is 2. The molecule has 4 rings (SSSR count). The predicted molar refractivity (Wildman–Crippen MR) is 105 cm³/mol. The van der Waals surface area contributed by atoms with Gasteiger partial charge in [-0.1, -0.05) is 33.2 Å². The van der Waals surface area contributed by atoms with Gasteiger partial charge in [0.05, 0.1) is 5.56 Å². The Morgan fingerprint density at radius 3 is 2.75 bits per heavy atom. The van der Waals surface area contributed by atoms with E-state index in [1.165, 1.54) is 0 Å². The summed E-state index contributed by atoms with van der Waals surface area (Å²) in [5, 5.41) is 3.91. The van der Waals surface area contributed by atoms with Crippen LogP contribution < -0.4 is 4.90 Å². The molecular formula is C20H16BrN3O4. The van der Waals surface area contributed by atoms with E-state index in [0.717, 1.165) is 22.1 Å². The molecule has 8 heteroatoms. The van der Waals surface area contributed by atoms with Gasteiger partial charge in [0.2, 0.25) is 11.7 Å². The molecule has 1 aliphatic rings. The van der Waals surface area contributed by atoms with Crippen LogP contribution in [0.4, 0.5) is 5.69 Å². The minimum atomic E-state index is -0.499. The summed E-state index contributed by atoms with van der Waals surface area (Å²) < 4.78 is 11.3. The van der Waals surface area contributed by atoms with Crippen LogP contribution in [0.15, 0.2) is 57.5 Å². The molecule has 1 amide bonds. The lowest BCUT2D eigenvalue weighted by atomic mass is 10.2. The van der Waals surface area contributed by atoms with E-state index >= 15 is 0 Å². The van der Waals surface area contributed by atoms with E-state index in [1.807, 2.05) is 24.3 Å². The first kappa shape index (κ1) is 18.4. The third-order valence-corrected chi connectivity index (χ3v) is 4.86. The Labute approximate surface area is 169 Å². The van der Waals surface area contributed by atoms with E-state index < -0.39 is 5.97 Å². The van der Waals surface area contributed by atoms with E-state index in [2.05, 4.69) is 26.1 Å². The van der Waals surface area contributed by atoms with Gasteiger partial charge in [-0.2, -0.15) is 4.98 Å². The number of nitrogens with zero attached hydrogens (tertiary/aromatic N) is 3. The van der Waals surface area contributed by atoms with Crippen LogP contribution in [0, 0.1) is 0 Å². The van der Waals surface area contributed by atoms with E-state index in [0.29, 0.717) is 24.4 Å². The summed E-state index contributed by atoms with van der Waals surface area (Å²) in [6.45, 7) is 0.590. The second kappa shape index (κ2) is 7.93. The molecule has 0 N–H and O–H groups in total. The highest BCUT2D eigenvalue weighted by molar-refractivity contribution is 9.10. The summed E-state index contributed by atoms with van der Waals surface area (Å²) in [4.78, 5) is 30.0. The highest BCUT2D eigenvalue weighted by Gasteiger charge is 2.22. The van der Waals surface area contributed by atoms with Crippen LogP contribution >= 0.6 is 15.9 Å². The van der Waals surface area contributed by atoms with Crippen LogP contribution in [0.25, 0.3) is 11.4 Å². The zero-order valence-corrected chi connectivity index (χ0v) is 16.4. The molecule has 7 nitrogen and oxygen atoms in total. The second-order valence-corrected chi connectivity index (χ2v) is 7.21. The van der Waals surface area contributed by atoms with Crippen molar-refractivity contribution in [1.29, 1.82) is 0 Å². The van der Waals surface area contributed by atoms with Gasteiger partial charge >= 0.3 is 5.97 Å². The minimum Gasteiger partial charge on any atom is -0.452 e. The lowest BCUT2D eigenvalue weighted by Gasteiger charge is -2.15. The van der Waals surface area contributed by atoms with Crippen molar-refractivity contribution < 1.29 is 18.8 Å². The quantitative estimate of drug-likeness (QED) is 0.556. The number of benzene rings is 2. The molecule has 0 saturated carbocycles. The van der Waals surface area contributed by atoms with Crippen LogP contribution in [-0.4, -0.2) is 28.6 Å². The van der Waals surface area contributed by atoms with E-state index in [1.54, 1.807) is 29.2 Å². The average molecular weight is 442 g/mol. The van der Waals surface area contributed by atoms with Crippen molar-refractivity contribution in [3.05, 3.63) is 64.5 Å². The first-order chi connectivity index (χ1) is 13.6. The maximum absolute atomic E-state index is 12.2. The van der Waals surface area contributed by atoms with E-state index in [9.17, 15) is 9.59 Å². The van der Waals surface area contributed by atoms with Gasteiger partial charge in [-0.05, 0) is 42.8 Å². The van der Waals surface area contributed by atoms with E-state index in [4.69, 9.17) is 9.26 Å². The molecule has 0 unspecified atom stereocenters. The Kier molecular flexibility index (Phi) is 5.21. The van der Waals surface area contributed by atoms with Crippen LogP contribution in [0.1, 0.15) is 29.1 Å². The molecule has 1 aromatic heterocycles. The summed E-state index contributed by atoms with van der Waals surface area (Å²) >= 11 is 3.39. The van der Waals surface area contributed by atoms with Gasteiger partial charge in [0, 0.05) is 28.7 Å². The van der Waals surface area contributed by atoms with Gasteiger partial charge in [0.25, 0.3) is 5.89 Å². The maximum atomic E-state index is 12.2. The lowest BCUT2D eigenvalue weighted by Crippen LogP contribution is -2.23. The summed E-state index contributed by atoms with van der Waals surface area (Å²) in [7, 11) is 0. The SMILES string of the molecule is O=C(OCc1nc(-c2cccc(Br)c2)no1)c1ccc(N2CCCC2=O)cc1. The van der Waals surface area contributed by atoms with Gasteiger partial charge < -0.3 is 14.2 Å². The molecule has 1 fully saturated rings. The predicted octanol–water partition coefficient (Wildman–Crippen LogP) is 3.98. The van der Waals surface area contributed by atoms with Gasteiger partial charge in [0.15, 0.2) is 6.61 Å². The normalized spacial score (nSPS) is 13.8. The Bertz CT molecular complexity index is 1020. The lowest BCUT2D eigenvalue weighted by molar-refractivity contribution is -0.117.